The molecule has 6 heteroatoms. The maximum Gasteiger partial charge on any atom is 0.191 e. The fraction of sp³-hybridized carbons (Fsp3) is 0.458. The molecule has 30 heavy (non-hydrogen) atoms. The Morgan fingerprint density at radius 3 is 2.60 bits per heavy atom. The Balaban J connectivity index is 1.39. The van der Waals surface area contributed by atoms with E-state index in [0.717, 1.165) is 69.5 Å². The number of morpholine rings is 1. The van der Waals surface area contributed by atoms with Gasteiger partial charge in [0.1, 0.15) is 12.4 Å². The van der Waals surface area contributed by atoms with E-state index >= 15 is 0 Å². The van der Waals surface area contributed by atoms with E-state index in [1.54, 1.807) is 7.05 Å². The van der Waals surface area contributed by atoms with E-state index in [4.69, 9.17) is 9.47 Å². The van der Waals surface area contributed by atoms with Crippen molar-refractivity contribution >= 4 is 5.96 Å². The molecule has 1 aliphatic rings. The minimum atomic E-state index is 0.673. The van der Waals surface area contributed by atoms with Crippen molar-refractivity contribution in [1.29, 1.82) is 0 Å². The van der Waals surface area contributed by atoms with Gasteiger partial charge in [0.05, 0.1) is 13.2 Å². The van der Waals surface area contributed by atoms with E-state index in [9.17, 15) is 0 Å². The second kappa shape index (κ2) is 12.9. The molecular formula is C24H34N4O2. The first kappa shape index (κ1) is 22.1. The summed E-state index contributed by atoms with van der Waals surface area (Å²) in [7, 11) is 1.80. The van der Waals surface area contributed by atoms with Gasteiger partial charge in [-0.3, -0.25) is 9.89 Å². The van der Waals surface area contributed by atoms with Crippen molar-refractivity contribution in [3.05, 3.63) is 65.7 Å². The molecule has 2 aromatic carbocycles. The van der Waals surface area contributed by atoms with Crippen LogP contribution in [0.2, 0.25) is 0 Å². The van der Waals surface area contributed by atoms with Crippen molar-refractivity contribution < 1.29 is 9.47 Å². The summed E-state index contributed by atoms with van der Waals surface area (Å²) in [6.07, 6.45) is 2.12. The van der Waals surface area contributed by atoms with Crippen molar-refractivity contribution in [3.63, 3.8) is 0 Å². The Labute approximate surface area is 180 Å². The van der Waals surface area contributed by atoms with Crippen LogP contribution in [0, 0.1) is 0 Å². The molecule has 0 amide bonds. The number of guanidine groups is 1. The predicted octanol–water partition coefficient (Wildman–Crippen LogP) is 2.70. The maximum absolute atomic E-state index is 6.07. The van der Waals surface area contributed by atoms with Gasteiger partial charge in [0.2, 0.25) is 0 Å². The number of benzene rings is 2. The van der Waals surface area contributed by atoms with Crippen molar-refractivity contribution in [3.8, 4) is 5.75 Å². The summed E-state index contributed by atoms with van der Waals surface area (Å²) in [5.74, 6) is 1.74. The molecule has 1 aliphatic heterocycles. The van der Waals surface area contributed by atoms with Gasteiger partial charge in [-0.2, -0.15) is 0 Å². The molecule has 0 unspecified atom stereocenters. The van der Waals surface area contributed by atoms with Gasteiger partial charge >= 0.3 is 0 Å². The van der Waals surface area contributed by atoms with E-state index in [-0.39, 0.29) is 0 Å². The molecule has 0 aromatic heterocycles. The Hall–Kier alpha value is -2.57. The first-order valence-corrected chi connectivity index (χ1v) is 10.8. The van der Waals surface area contributed by atoms with Gasteiger partial charge in [0.25, 0.3) is 0 Å². The number of ether oxygens (including phenoxy) is 2. The van der Waals surface area contributed by atoms with Crippen LogP contribution in [-0.2, 0) is 17.7 Å². The van der Waals surface area contributed by atoms with Gasteiger partial charge in [0, 0.05) is 45.3 Å². The Morgan fingerprint density at radius 1 is 1.03 bits per heavy atom. The molecule has 1 fully saturated rings. The quantitative estimate of drug-likeness (QED) is 0.358. The van der Waals surface area contributed by atoms with Gasteiger partial charge in [-0.05, 0) is 24.5 Å². The number of nitrogens with zero attached hydrogens (tertiary/aromatic N) is 2. The van der Waals surface area contributed by atoms with Crippen molar-refractivity contribution in [2.75, 3.05) is 53.0 Å². The third-order valence-corrected chi connectivity index (χ3v) is 5.19. The van der Waals surface area contributed by atoms with Crippen LogP contribution in [0.5, 0.6) is 5.75 Å². The lowest BCUT2D eigenvalue weighted by Gasteiger charge is -2.26. The molecule has 162 valence electrons. The average molecular weight is 411 g/mol. The molecule has 1 heterocycles. The Kier molecular flexibility index (Phi) is 9.50. The van der Waals surface area contributed by atoms with Gasteiger partial charge in [-0.15, -0.1) is 0 Å². The molecule has 2 aromatic rings. The van der Waals surface area contributed by atoms with Crippen LogP contribution in [0.25, 0.3) is 0 Å². The zero-order valence-electron chi connectivity index (χ0n) is 18.0. The number of rotatable bonds is 10. The van der Waals surface area contributed by atoms with Crippen LogP contribution in [0.3, 0.4) is 0 Å². The number of nitrogens with one attached hydrogen (secondary N) is 2. The number of aliphatic imine (C=N–C) groups is 1. The highest BCUT2D eigenvalue weighted by atomic mass is 16.5. The zero-order chi connectivity index (χ0) is 20.9. The fourth-order valence-electron chi connectivity index (χ4n) is 3.44. The lowest BCUT2D eigenvalue weighted by atomic mass is 10.1. The monoisotopic (exact) mass is 410 g/mol. The summed E-state index contributed by atoms with van der Waals surface area (Å²) in [5.41, 5.74) is 2.50. The maximum atomic E-state index is 6.07. The topological polar surface area (TPSA) is 58.1 Å². The number of aryl methyl sites for hydroxylation is 1. The lowest BCUT2D eigenvalue weighted by molar-refractivity contribution is 0.0322. The summed E-state index contributed by atoms with van der Waals surface area (Å²) in [4.78, 5) is 6.72. The molecule has 0 atom stereocenters. The summed E-state index contributed by atoms with van der Waals surface area (Å²) in [6, 6.07) is 18.8. The average Bonchev–Trinajstić information content (AvgIpc) is 2.81. The smallest absolute Gasteiger partial charge is 0.191 e. The number of hydrogen-bond acceptors (Lipinski definition) is 4. The first-order chi connectivity index (χ1) is 14.8. The lowest BCUT2D eigenvalue weighted by Crippen LogP contribution is -2.39. The van der Waals surface area contributed by atoms with E-state index < -0.39 is 0 Å². The summed E-state index contributed by atoms with van der Waals surface area (Å²) >= 11 is 0. The highest BCUT2D eigenvalue weighted by molar-refractivity contribution is 5.79. The molecule has 0 spiro atoms. The summed E-state index contributed by atoms with van der Waals surface area (Å²) in [5, 5.41) is 6.79. The van der Waals surface area contributed by atoms with Gasteiger partial charge in [-0.1, -0.05) is 48.5 Å². The third kappa shape index (κ3) is 7.69. The molecule has 0 saturated carbocycles. The van der Waals surface area contributed by atoms with Crippen LogP contribution >= 0.6 is 0 Å². The van der Waals surface area contributed by atoms with Gasteiger partial charge in [0.15, 0.2) is 5.96 Å². The molecular weight excluding hydrogens is 376 g/mol. The normalized spacial score (nSPS) is 15.0. The highest BCUT2D eigenvalue weighted by Gasteiger charge is 2.10. The van der Waals surface area contributed by atoms with Crippen molar-refractivity contribution in [2.45, 2.75) is 19.4 Å². The zero-order valence-corrected chi connectivity index (χ0v) is 18.0. The number of para-hydroxylation sites is 1. The van der Waals surface area contributed by atoms with Crippen LogP contribution < -0.4 is 15.4 Å². The third-order valence-electron chi connectivity index (χ3n) is 5.19. The predicted molar refractivity (Wildman–Crippen MR) is 122 cm³/mol. The van der Waals surface area contributed by atoms with Crippen LogP contribution in [-0.4, -0.2) is 63.9 Å². The van der Waals surface area contributed by atoms with E-state index in [1.807, 2.05) is 18.2 Å². The van der Waals surface area contributed by atoms with Gasteiger partial charge in [-0.25, -0.2) is 0 Å². The Bertz CT molecular complexity index is 761. The minimum Gasteiger partial charge on any atom is -0.492 e. The van der Waals surface area contributed by atoms with Crippen LogP contribution in [0.1, 0.15) is 17.5 Å². The van der Waals surface area contributed by atoms with Gasteiger partial charge < -0.3 is 20.1 Å². The standard InChI is InChI=1S/C24H34N4O2/c1-25-24(26-13-7-10-21-8-3-2-4-9-21)27-20-22-11-5-6-12-23(22)30-19-16-28-14-17-29-18-15-28/h2-6,8-9,11-12H,7,10,13-20H2,1H3,(H2,25,26,27). The van der Waals surface area contributed by atoms with E-state index in [1.165, 1.54) is 5.56 Å². The summed E-state index contributed by atoms with van der Waals surface area (Å²) in [6.45, 7) is 6.77. The fourth-order valence-corrected chi connectivity index (χ4v) is 3.44. The molecule has 0 aliphatic carbocycles. The van der Waals surface area contributed by atoms with E-state index in [2.05, 4.69) is 56.9 Å². The molecule has 2 N–H and O–H groups in total. The molecule has 0 bridgehead atoms. The SMILES string of the molecule is CN=C(NCCCc1ccccc1)NCc1ccccc1OCCN1CCOCC1. The van der Waals surface area contributed by atoms with Crippen molar-refractivity contribution in [2.24, 2.45) is 4.99 Å². The highest BCUT2D eigenvalue weighted by Crippen LogP contribution is 2.17. The Morgan fingerprint density at radius 2 is 1.80 bits per heavy atom. The first-order valence-electron chi connectivity index (χ1n) is 10.8. The summed E-state index contributed by atoms with van der Waals surface area (Å²) < 4.78 is 11.5. The van der Waals surface area contributed by atoms with E-state index in [0.29, 0.717) is 13.2 Å². The minimum absolute atomic E-state index is 0.673. The van der Waals surface area contributed by atoms with Crippen LogP contribution in [0.4, 0.5) is 0 Å². The second-order valence-corrected chi connectivity index (χ2v) is 7.35. The number of hydrogen-bond donors (Lipinski definition) is 2. The second-order valence-electron chi connectivity index (χ2n) is 7.35. The molecule has 1 saturated heterocycles. The molecule has 0 radical (unpaired) electrons. The van der Waals surface area contributed by atoms with Crippen LogP contribution in [0.15, 0.2) is 59.6 Å². The molecule has 3 rings (SSSR count). The van der Waals surface area contributed by atoms with Crippen molar-refractivity contribution in [1.82, 2.24) is 15.5 Å². The largest absolute Gasteiger partial charge is 0.492 e. The molecule has 6 nitrogen and oxygen atoms in total.